The average Bonchev–Trinajstić information content (AvgIpc) is 2.66. The van der Waals surface area contributed by atoms with Gasteiger partial charge in [-0.2, -0.15) is 0 Å². The summed E-state index contributed by atoms with van der Waals surface area (Å²) in [5.74, 6) is 0.0416. The lowest BCUT2D eigenvalue weighted by Gasteiger charge is -2.17. The van der Waals surface area contributed by atoms with Crippen molar-refractivity contribution in [1.82, 2.24) is 0 Å². The Hall–Kier alpha value is -3.14. The average molecular weight is 374 g/mol. The fourth-order valence-electron chi connectivity index (χ4n) is 3.23. The maximum atomic E-state index is 12.9. The molecule has 0 unspecified atom stereocenters. The van der Waals surface area contributed by atoms with Gasteiger partial charge in [-0.15, -0.1) is 0 Å². The standard InChI is InChI=1S/C24H26N2O2/c1-25(2)21-9-5-17(6-10-21)13-19-15-23(27)16-20(24(19)28)14-18-7-11-22(12-8-18)26(3)4/h5-14H,15-16H2,1-4H3. The summed E-state index contributed by atoms with van der Waals surface area (Å²) in [5.41, 5.74) is 5.16. The number of carbonyl (C=O) groups is 2. The van der Waals surface area contributed by atoms with E-state index in [0.717, 1.165) is 22.5 Å². The molecule has 144 valence electrons. The van der Waals surface area contributed by atoms with Crippen LogP contribution in [0.4, 0.5) is 11.4 Å². The number of hydrogen-bond acceptors (Lipinski definition) is 4. The van der Waals surface area contributed by atoms with Crippen molar-refractivity contribution in [3.05, 3.63) is 70.8 Å². The molecule has 4 heteroatoms. The minimum atomic E-state index is -0.0343. The molecule has 1 fully saturated rings. The second-order valence-corrected chi connectivity index (χ2v) is 7.53. The summed E-state index contributed by atoms with van der Waals surface area (Å²) in [4.78, 5) is 29.2. The number of ketones is 2. The second kappa shape index (κ2) is 8.26. The molecule has 0 spiro atoms. The van der Waals surface area contributed by atoms with Gasteiger partial charge in [-0.3, -0.25) is 9.59 Å². The summed E-state index contributed by atoms with van der Waals surface area (Å²) in [6.45, 7) is 0. The van der Waals surface area contributed by atoms with Gasteiger partial charge in [0, 0.05) is 63.6 Å². The monoisotopic (exact) mass is 374 g/mol. The van der Waals surface area contributed by atoms with Crippen molar-refractivity contribution < 1.29 is 9.59 Å². The zero-order chi connectivity index (χ0) is 20.3. The predicted octanol–water partition coefficient (Wildman–Crippen LogP) is 4.22. The minimum Gasteiger partial charge on any atom is -0.378 e. The molecule has 0 heterocycles. The van der Waals surface area contributed by atoms with Gasteiger partial charge in [-0.25, -0.2) is 0 Å². The van der Waals surface area contributed by atoms with E-state index in [0.29, 0.717) is 11.1 Å². The molecule has 0 amide bonds. The van der Waals surface area contributed by atoms with Gasteiger partial charge in [0.15, 0.2) is 5.78 Å². The highest BCUT2D eigenvalue weighted by molar-refractivity contribution is 6.20. The van der Waals surface area contributed by atoms with Crippen LogP contribution in [0.25, 0.3) is 12.2 Å². The zero-order valence-corrected chi connectivity index (χ0v) is 16.9. The molecule has 3 rings (SSSR count). The van der Waals surface area contributed by atoms with Crippen molar-refractivity contribution in [2.24, 2.45) is 0 Å². The van der Waals surface area contributed by atoms with Crippen LogP contribution in [0, 0.1) is 0 Å². The Morgan fingerprint density at radius 2 is 1.00 bits per heavy atom. The Kier molecular flexibility index (Phi) is 5.78. The van der Waals surface area contributed by atoms with Gasteiger partial charge < -0.3 is 9.80 Å². The van der Waals surface area contributed by atoms with Crippen molar-refractivity contribution >= 4 is 35.1 Å². The van der Waals surface area contributed by atoms with Crippen LogP contribution < -0.4 is 9.80 Å². The molecule has 1 saturated carbocycles. The third kappa shape index (κ3) is 4.58. The van der Waals surface area contributed by atoms with E-state index in [-0.39, 0.29) is 24.4 Å². The first-order valence-corrected chi connectivity index (χ1v) is 9.36. The lowest BCUT2D eigenvalue weighted by molar-refractivity contribution is -0.122. The first-order valence-electron chi connectivity index (χ1n) is 9.36. The molecule has 0 bridgehead atoms. The Morgan fingerprint density at radius 1 is 0.643 bits per heavy atom. The number of Topliss-reactive ketones (excluding diaryl/α,β-unsaturated/α-hetero) is 2. The van der Waals surface area contributed by atoms with Crippen LogP contribution in [0.3, 0.4) is 0 Å². The van der Waals surface area contributed by atoms with Crippen LogP contribution in [0.1, 0.15) is 24.0 Å². The van der Waals surface area contributed by atoms with Crippen molar-refractivity contribution in [2.45, 2.75) is 12.8 Å². The first kappa shape index (κ1) is 19.6. The molecule has 0 saturated heterocycles. The van der Waals surface area contributed by atoms with Gasteiger partial charge in [0.05, 0.1) is 0 Å². The van der Waals surface area contributed by atoms with E-state index in [1.807, 2.05) is 98.7 Å². The van der Waals surface area contributed by atoms with Crippen molar-refractivity contribution in [3.63, 3.8) is 0 Å². The van der Waals surface area contributed by atoms with Gasteiger partial charge >= 0.3 is 0 Å². The summed E-state index contributed by atoms with van der Waals surface area (Å²) < 4.78 is 0. The van der Waals surface area contributed by atoms with Gasteiger partial charge in [0.25, 0.3) is 0 Å². The highest BCUT2D eigenvalue weighted by Crippen LogP contribution is 2.27. The molecule has 0 aromatic heterocycles. The van der Waals surface area contributed by atoms with Crippen molar-refractivity contribution in [1.29, 1.82) is 0 Å². The predicted molar refractivity (Wildman–Crippen MR) is 117 cm³/mol. The molecule has 4 nitrogen and oxygen atoms in total. The fourth-order valence-corrected chi connectivity index (χ4v) is 3.23. The number of rotatable bonds is 4. The van der Waals surface area contributed by atoms with Crippen LogP contribution in [-0.2, 0) is 9.59 Å². The molecule has 2 aromatic carbocycles. The largest absolute Gasteiger partial charge is 0.378 e. The fraction of sp³-hybridized carbons (Fsp3) is 0.250. The molecule has 0 atom stereocenters. The molecule has 28 heavy (non-hydrogen) atoms. The molecule has 0 radical (unpaired) electrons. The van der Waals surface area contributed by atoms with E-state index >= 15 is 0 Å². The quantitative estimate of drug-likeness (QED) is 0.752. The van der Waals surface area contributed by atoms with E-state index < -0.39 is 0 Å². The summed E-state index contributed by atoms with van der Waals surface area (Å²) in [5, 5.41) is 0. The van der Waals surface area contributed by atoms with E-state index in [1.54, 1.807) is 0 Å². The Morgan fingerprint density at radius 3 is 1.32 bits per heavy atom. The van der Waals surface area contributed by atoms with E-state index in [9.17, 15) is 9.59 Å². The first-order chi connectivity index (χ1) is 13.3. The number of nitrogens with zero attached hydrogens (tertiary/aromatic N) is 2. The van der Waals surface area contributed by atoms with E-state index in [1.165, 1.54) is 0 Å². The van der Waals surface area contributed by atoms with Gasteiger partial charge in [-0.05, 0) is 47.5 Å². The molecule has 1 aliphatic carbocycles. The number of allylic oxidation sites excluding steroid dienone is 2. The molecule has 2 aromatic rings. The molecular formula is C24H26N2O2. The SMILES string of the molecule is CN(C)c1ccc(C=C2CC(=O)CC(=Cc3ccc(N(C)C)cc3)C2=O)cc1. The molecular weight excluding hydrogens is 348 g/mol. The van der Waals surface area contributed by atoms with Crippen LogP contribution >= 0.6 is 0 Å². The normalized spacial score (nSPS) is 17.3. The third-order valence-corrected chi connectivity index (χ3v) is 4.86. The summed E-state index contributed by atoms with van der Waals surface area (Å²) in [7, 11) is 7.94. The van der Waals surface area contributed by atoms with Gasteiger partial charge in [0.2, 0.25) is 0 Å². The highest BCUT2D eigenvalue weighted by Gasteiger charge is 2.25. The number of hydrogen-bond donors (Lipinski definition) is 0. The maximum absolute atomic E-state index is 12.9. The summed E-state index contributed by atoms with van der Waals surface area (Å²) in [6, 6.07) is 15.9. The molecule has 1 aliphatic rings. The maximum Gasteiger partial charge on any atom is 0.185 e. The zero-order valence-electron chi connectivity index (χ0n) is 16.9. The molecule has 0 N–H and O–H groups in total. The number of anilines is 2. The number of benzene rings is 2. The second-order valence-electron chi connectivity index (χ2n) is 7.53. The lowest BCUT2D eigenvalue weighted by Crippen LogP contribution is -2.19. The van der Waals surface area contributed by atoms with Gasteiger partial charge in [0.1, 0.15) is 5.78 Å². The lowest BCUT2D eigenvalue weighted by atomic mass is 9.86. The van der Waals surface area contributed by atoms with E-state index in [4.69, 9.17) is 0 Å². The number of carbonyl (C=O) groups excluding carboxylic acids is 2. The Balaban J connectivity index is 1.86. The van der Waals surface area contributed by atoms with Crippen molar-refractivity contribution in [3.8, 4) is 0 Å². The summed E-state index contributed by atoms with van der Waals surface area (Å²) in [6.07, 6.45) is 4.07. The van der Waals surface area contributed by atoms with Crippen LogP contribution in [0.5, 0.6) is 0 Å². The smallest absolute Gasteiger partial charge is 0.185 e. The van der Waals surface area contributed by atoms with Crippen LogP contribution in [0.15, 0.2) is 59.7 Å². The Bertz CT molecular complexity index is 858. The van der Waals surface area contributed by atoms with E-state index in [2.05, 4.69) is 0 Å². The van der Waals surface area contributed by atoms with Gasteiger partial charge in [-0.1, -0.05) is 24.3 Å². The van der Waals surface area contributed by atoms with Crippen molar-refractivity contribution in [2.75, 3.05) is 38.0 Å². The third-order valence-electron chi connectivity index (χ3n) is 4.86. The highest BCUT2D eigenvalue weighted by atomic mass is 16.1. The minimum absolute atomic E-state index is 0.0343. The Labute approximate surface area is 166 Å². The van der Waals surface area contributed by atoms with Crippen LogP contribution in [0.2, 0.25) is 0 Å². The topological polar surface area (TPSA) is 40.6 Å². The van der Waals surface area contributed by atoms with Crippen LogP contribution in [-0.4, -0.2) is 39.8 Å². The molecule has 0 aliphatic heterocycles. The summed E-state index contributed by atoms with van der Waals surface area (Å²) >= 11 is 0.